The van der Waals surface area contributed by atoms with Gasteiger partial charge in [-0.05, 0) is 37.6 Å². The predicted molar refractivity (Wildman–Crippen MR) is 89.9 cm³/mol. The largest absolute Gasteiger partial charge is 0.339 e. The smallest absolute Gasteiger partial charge is 0.0945 e. The Bertz CT molecular complexity index is 813. The third-order valence-electron chi connectivity index (χ3n) is 3.98. The highest BCUT2D eigenvalue weighted by Crippen LogP contribution is 2.32. The van der Waals surface area contributed by atoms with Gasteiger partial charge in [-0.1, -0.05) is 29.8 Å². The summed E-state index contributed by atoms with van der Waals surface area (Å²) in [5.74, 6) is 0. The van der Waals surface area contributed by atoms with Gasteiger partial charge in [-0.15, -0.1) is 6.58 Å². The molecule has 0 fully saturated rings. The Labute approximate surface area is 129 Å². The molecular formula is C18H17ClN2. The van der Waals surface area contributed by atoms with E-state index >= 15 is 0 Å². The zero-order valence-corrected chi connectivity index (χ0v) is 13.0. The number of halogens is 1. The fourth-order valence-electron chi connectivity index (χ4n) is 2.77. The van der Waals surface area contributed by atoms with Crippen LogP contribution >= 0.6 is 11.6 Å². The number of aryl methyl sites for hydroxylation is 1. The van der Waals surface area contributed by atoms with Gasteiger partial charge in [0.1, 0.15) is 0 Å². The van der Waals surface area contributed by atoms with Gasteiger partial charge in [-0.3, -0.25) is 4.98 Å². The molecule has 3 heteroatoms. The fourth-order valence-corrected chi connectivity index (χ4v) is 2.90. The fraction of sp³-hybridized carbons (Fsp3) is 0.167. The Morgan fingerprint density at radius 1 is 1.19 bits per heavy atom. The average Bonchev–Trinajstić information content (AvgIpc) is 2.74. The van der Waals surface area contributed by atoms with Crippen LogP contribution in [0.2, 0.25) is 5.02 Å². The van der Waals surface area contributed by atoms with E-state index in [9.17, 15) is 0 Å². The molecule has 0 radical (unpaired) electrons. The summed E-state index contributed by atoms with van der Waals surface area (Å²) in [6.45, 7) is 8.95. The first kappa shape index (κ1) is 13.9. The molecule has 0 unspecified atom stereocenters. The van der Waals surface area contributed by atoms with Crippen molar-refractivity contribution < 1.29 is 0 Å². The topological polar surface area (TPSA) is 17.8 Å². The minimum absolute atomic E-state index is 0.736. The van der Waals surface area contributed by atoms with E-state index in [2.05, 4.69) is 36.0 Å². The molecule has 0 spiro atoms. The maximum Gasteiger partial charge on any atom is 0.0945 e. The molecule has 0 saturated heterocycles. The van der Waals surface area contributed by atoms with Crippen molar-refractivity contribution in [1.82, 2.24) is 9.55 Å². The maximum atomic E-state index is 5.99. The van der Waals surface area contributed by atoms with Crippen molar-refractivity contribution >= 4 is 22.5 Å². The van der Waals surface area contributed by atoms with Gasteiger partial charge in [0.25, 0.3) is 0 Å². The minimum atomic E-state index is 0.736. The van der Waals surface area contributed by atoms with Crippen LogP contribution < -0.4 is 0 Å². The van der Waals surface area contributed by atoms with Crippen LogP contribution in [0.3, 0.4) is 0 Å². The molecular weight excluding hydrogens is 280 g/mol. The monoisotopic (exact) mass is 296 g/mol. The van der Waals surface area contributed by atoms with Crippen LogP contribution in [-0.2, 0) is 6.54 Å². The van der Waals surface area contributed by atoms with Crippen molar-refractivity contribution in [3.05, 3.63) is 65.5 Å². The van der Waals surface area contributed by atoms with Gasteiger partial charge in [0.15, 0.2) is 0 Å². The third kappa shape index (κ3) is 2.26. The summed E-state index contributed by atoms with van der Waals surface area (Å²) in [4.78, 5) is 4.61. The molecule has 2 aromatic heterocycles. The van der Waals surface area contributed by atoms with Crippen molar-refractivity contribution in [3.8, 4) is 11.3 Å². The zero-order chi connectivity index (χ0) is 15.0. The number of aromatic nitrogens is 2. The van der Waals surface area contributed by atoms with Crippen LogP contribution in [-0.4, -0.2) is 9.55 Å². The number of allylic oxidation sites excluding steroid dienone is 1. The van der Waals surface area contributed by atoms with Crippen LogP contribution in [0.25, 0.3) is 22.2 Å². The molecule has 3 aromatic rings. The summed E-state index contributed by atoms with van der Waals surface area (Å²) in [5, 5.41) is 1.98. The van der Waals surface area contributed by atoms with Gasteiger partial charge in [-0.2, -0.15) is 0 Å². The highest BCUT2D eigenvalue weighted by molar-refractivity contribution is 6.30. The van der Waals surface area contributed by atoms with Gasteiger partial charge in [0.05, 0.1) is 11.2 Å². The van der Waals surface area contributed by atoms with E-state index in [-0.39, 0.29) is 0 Å². The molecule has 3 rings (SSSR count). The minimum Gasteiger partial charge on any atom is -0.339 e. The summed E-state index contributed by atoms with van der Waals surface area (Å²) in [6.07, 6.45) is 3.79. The molecule has 0 aliphatic heterocycles. The lowest BCUT2D eigenvalue weighted by Gasteiger charge is -2.09. The maximum absolute atomic E-state index is 5.99. The number of benzene rings is 1. The molecule has 2 heterocycles. The van der Waals surface area contributed by atoms with Gasteiger partial charge < -0.3 is 4.57 Å². The number of pyridine rings is 1. The van der Waals surface area contributed by atoms with Crippen LogP contribution in [0.4, 0.5) is 0 Å². The molecule has 0 amide bonds. The highest BCUT2D eigenvalue weighted by Gasteiger charge is 2.15. The number of hydrogen-bond donors (Lipinski definition) is 0. The van der Waals surface area contributed by atoms with Crippen molar-refractivity contribution in [1.29, 1.82) is 0 Å². The first-order valence-corrected chi connectivity index (χ1v) is 7.32. The van der Waals surface area contributed by atoms with E-state index in [0.717, 1.165) is 28.3 Å². The molecule has 0 saturated carbocycles. The normalized spacial score (nSPS) is 11.0. The SMILES string of the molecule is C=CCn1c(C)c(C)c2ccnc(-c3ccc(Cl)cc3)c21. The molecule has 21 heavy (non-hydrogen) atoms. The lowest BCUT2D eigenvalue weighted by Crippen LogP contribution is -1.99. The van der Waals surface area contributed by atoms with E-state index < -0.39 is 0 Å². The lowest BCUT2D eigenvalue weighted by molar-refractivity contribution is 0.824. The third-order valence-corrected chi connectivity index (χ3v) is 4.23. The summed E-state index contributed by atoms with van der Waals surface area (Å²) in [7, 11) is 0. The summed E-state index contributed by atoms with van der Waals surface area (Å²) in [5.41, 5.74) is 5.78. The molecule has 0 N–H and O–H groups in total. The van der Waals surface area contributed by atoms with Crippen LogP contribution in [0, 0.1) is 13.8 Å². The van der Waals surface area contributed by atoms with E-state index in [1.165, 1.54) is 16.6 Å². The summed E-state index contributed by atoms with van der Waals surface area (Å²) >= 11 is 5.99. The first-order valence-electron chi connectivity index (χ1n) is 6.94. The molecule has 0 atom stereocenters. The Balaban J connectivity index is 2.35. The molecule has 106 valence electrons. The predicted octanol–water partition coefficient (Wildman–Crippen LogP) is 5.16. The molecule has 1 aromatic carbocycles. The highest BCUT2D eigenvalue weighted by atomic mass is 35.5. The number of nitrogens with zero attached hydrogens (tertiary/aromatic N) is 2. The quantitative estimate of drug-likeness (QED) is 0.610. The van der Waals surface area contributed by atoms with Crippen LogP contribution in [0.5, 0.6) is 0 Å². The van der Waals surface area contributed by atoms with E-state index in [1.54, 1.807) is 0 Å². The number of rotatable bonds is 3. The summed E-state index contributed by atoms with van der Waals surface area (Å²) < 4.78 is 2.27. The van der Waals surface area contributed by atoms with Crippen molar-refractivity contribution in [2.45, 2.75) is 20.4 Å². The Morgan fingerprint density at radius 3 is 2.57 bits per heavy atom. The van der Waals surface area contributed by atoms with Gasteiger partial charge >= 0.3 is 0 Å². The van der Waals surface area contributed by atoms with Crippen molar-refractivity contribution in [3.63, 3.8) is 0 Å². The molecule has 0 bridgehead atoms. The van der Waals surface area contributed by atoms with Crippen molar-refractivity contribution in [2.75, 3.05) is 0 Å². The number of fused-ring (bicyclic) bond motifs is 1. The summed E-state index contributed by atoms with van der Waals surface area (Å²) in [6, 6.07) is 9.91. The van der Waals surface area contributed by atoms with Gasteiger partial charge in [0.2, 0.25) is 0 Å². The first-order chi connectivity index (χ1) is 10.1. The second kappa shape index (κ2) is 5.38. The van der Waals surface area contributed by atoms with Gasteiger partial charge in [-0.25, -0.2) is 0 Å². The lowest BCUT2D eigenvalue weighted by atomic mass is 10.1. The molecule has 0 aliphatic rings. The van der Waals surface area contributed by atoms with E-state index in [4.69, 9.17) is 11.6 Å². The van der Waals surface area contributed by atoms with E-state index in [1.807, 2.05) is 36.5 Å². The average molecular weight is 297 g/mol. The van der Waals surface area contributed by atoms with Crippen LogP contribution in [0.15, 0.2) is 49.2 Å². The van der Waals surface area contributed by atoms with E-state index in [0.29, 0.717) is 0 Å². The van der Waals surface area contributed by atoms with Crippen LogP contribution in [0.1, 0.15) is 11.3 Å². The Morgan fingerprint density at radius 2 is 1.90 bits per heavy atom. The zero-order valence-electron chi connectivity index (χ0n) is 12.2. The second-order valence-electron chi connectivity index (χ2n) is 5.17. The number of hydrogen-bond acceptors (Lipinski definition) is 1. The van der Waals surface area contributed by atoms with Crippen molar-refractivity contribution in [2.24, 2.45) is 0 Å². The standard InChI is InChI=1S/C18H17ClN2/c1-4-11-21-13(3)12(2)16-9-10-20-17(18(16)21)14-5-7-15(19)8-6-14/h4-10H,1,11H2,2-3H3. The second-order valence-corrected chi connectivity index (χ2v) is 5.61. The van der Waals surface area contributed by atoms with Gasteiger partial charge in [0, 0.05) is 34.4 Å². The Hall–Kier alpha value is -2.06. The molecule has 2 nitrogen and oxygen atoms in total. The Kier molecular flexibility index (Phi) is 3.56. The molecule has 0 aliphatic carbocycles.